The quantitative estimate of drug-likeness (QED) is 0.225. The first kappa shape index (κ1) is 37.0. The van der Waals surface area contributed by atoms with E-state index in [2.05, 4.69) is 21.3 Å². The number of ether oxygens (including phenoxy) is 1. The molecule has 0 aromatic carbocycles. The van der Waals surface area contributed by atoms with Crippen molar-refractivity contribution in [2.45, 2.75) is 0 Å². The maximum absolute atomic E-state index is 10.6. The molecule has 0 unspecified atom stereocenters. The van der Waals surface area contributed by atoms with Crippen LogP contribution in [0.15, 0.2) is 0 Å². The number of hydrogen-bond acceptors (Lipinski definition) is 8. The predicted molar refractivity (Wildman–Crippen MR) is 74.4 cm³/mol. The maximum atomic E-state index is 10.6. The van der Waals surface area contributed by atoms with Crippen molar-refractivity contribution in [1.29, 1.82) is 0 Å². The van der Waals surface area contributed by atoms with Gasteiger partial charge in [-0.3, -0.25) is 4.79 Å². The molecule has 0 aromatic rings. The Morgan fingerprint density at radius 2 is 1.40 bits per heavy atom. The van der Waals surface area contributed by atoms with E-state index in [9.17, 15) is 31.5 Å². The van der Waals surface area contributed by atoms with E-state index in [1.165, 1.54) is 0 Å². The molecule has 0 spiro atoms. The summed E-state index contributed by atoms with van der Waals surface area (Å²) in [6.45, 7) is -1.52. The molecule has 0 aliphatic rings. The van der Waals surface area contributed by atoms with Crippen molar-refractivity contribution in [2.24, 2.45) is 0 Å². The van der Waals surface area contributed by atoms with Gasteiger partial charge in [0, 0.05) is 37.9 Å². The van der Waals surface area contributed by atoms with Crippen molar-refractivity contribution in [3.8, 4) is 0 Å². The van der Waals surface area contributed by atoms with Crippen LogP contribution in [0, 0.1) is 7.11 Å². The predicted octanol–water partition coefficient (Wildman–Crippen LogP) is -6.83. The van der Waals surface area contributed by atoms with E-state index in [4.69, 9.17) is 11.5 Å². The molecule has 0 aromatic heterocycles. The summed E-state index contributed by atoms with van der Waals surface area (Å²) >= 11 is 0. The van der Waals surface area contributed by atoms with Gasteiger partial charge in [0.25, 0.3) is 0 Å². The number of carboxylic acids is 1. The zero-order valence-electron chi connectivity index (χ0n) is 13.5. The number of aliphatic carboxylic acids is 1. The minimum absolute atomic E-state index is 0. The third kappa shape index (κ3) is 27.5. The number of nitrogens with one attached hydrogen (secondary N) is 2. The van der Waals surface area contributed by atoms with Crippen molar-refractivity contribution in [2.75, 3.05) is 31.1 Å². The summed E-state index contributed by atoms with van der Waals surface area (Å²) in [5.41, 5.74) is 13.1. The number of carbonyl (C=O) groups excluding carboxylic acids is 2. The minimum Gasteiger partial charge on any atom is -0.677 e. The normalized spacial score (nSPS) is 9.72. The standard InChI is InChI=1S/2C4H8N2O4S.2Na.Pd/c1-10-4(7)6-11(8,9)3-2-5;5-1-2-11(9,10)6-3-4(7)8;;;/h5H,1-3H2,(H,6,7);5H,1-3H2,(H,7,8);;;/q2*-2;2*+1;/p-2. The summed E-state index contributed by atoms with van der Waals surface area (Å²) in [4.78, 5) is 19.9. The molecule has 0 bridgehead atoms. The van der Waals surface area contributed by atoms with Gasteiger partial charge < -0.3 is 35.5 Å². The van der Waals surface area contributed by atoms with Gasteiger partial charge in [-0.2, -0.15) is 7.11 Å². The van der Waals surface area contributed by atoms with Gasteiger partial charge in [-0.25, -0.2) is 16.8 Å². The van der Waals surface area contributed by atoms with Gasteiger partial charge in [0.05, 0.1) is 20.0 Å². The second-order valence-electron chi connectivity index (χ2n) is 3.23. The van der Waals surface area contributed by atoms with Gasteiger partial charge in [0.1, 0.15) is 0 Å². The van der Waals surface area contributed by atoms with E-state index in [1.54, 1.807) is 0 Å². The Hall–Kier alpha value is 1.18. The molecule has 0 heterocycles. The summed E-state index contributed by atoms with van der Waals surface area (Å²) < 4.78 is 51.5. The molecule has 17 heteroatoms. The number of nitrogens with zero attached hydrogens (tertiary/aromatic N) is 2. The second-order valence-corrected chi connectivity index (χ2v) is 6.82. The first-order valence-electron chi connectivity index (χ1n) is 5.31. The number of amides is 1. The topological polar surface area (TPSA) is 211 Å². The molecule has 0 aliphatic heterocycles. The zero-order valence-corrected chi connectivity index (χ0v) is 20.7. The third-order valence-corrected chi connectivity index (χ3v) is 3.84. The molecule has 0 fully saturated rings. The SMILES string of the molecule is [CH2-]OC(=O)[N-]S(=O)(=O)CC[NH-].[NH-]CCS(=O)(=O)[N-]CC(=O)[O-].[Na+].[Na+].[Pd]. The Balaban J connectivity index is -0.0000000952. The molecule has 0 atom stereocenters. The fourth-order valence-corrected chi connectivity index (χ4v) is 1.98. The van der Waals surface area contributed by atoms with Crippen LogP contribution < -0.4 is 64.2 Å². The number of carbonyl (C=O) groups is 2. The molecule has 0 saturated heterocycles. The molecule has 2 N–H and O–H groups in total. The van der Waals surface area contributed by atoms with Crippen molar-refractivity contribution in [3.63, 3.8) is 0 Å². The molecular weight excluding hydrogens is 497 g/mol. The largest absolute Gasteiger partial charge is 1.00 e. The zero-order chi connectivity index (χ0) is 17.8. The van der Waals surface area contributed by atoms with Crippen molar-refractivity contribution in [3.05, 3.63) is 28.0 Å². The van der Waals surface area contributed by atoms with E-state index < -0.39 is 50.2 Å². The minimum atomic E-state index is -3.82. The van der Waals surface area contributed by atoms with Gasteiger partial charge in [-0.05, 0) is 0 Å². The van der Waals surface area contributed by atoms with Crippen LogP contribution in [-0.4, -0.2) is 60.0 Å². The van der Waals surface area contributed by atoms with Crippen molar-refractivity contribution < 1.29 is 116 Å². The van der Waals surface area contributed by atoms with Gasteiger partial charge in [0.15, 0.2) is 0 Å². The van der Waals surface area contributed by atoms with Gasteiger partial charge >= 0.3 is 59.1 Å². The Labute approximate surface area is 204 Å². The average Bonchev–Trinajstić information content (AvgIpc) is 2.36. The number of hydrogen-bond donors (Lipinski definition) is 0. The monoisotopic (exact) mass is 510 g/mol. The number of sulfonamides is 2. The van der Waals surface area contributed by atoms with E-state index in [0.29, 0.717) is 0 Å². The van der Waals surface area contributed by atoms with Crippen molar-refractivity contribution >= 4 is 32.1 Å². The molecule has 142 valence electrons. The third-order valence-electron chi connectivity index (χ3n) is 1.45. The van der Waals surface area contributed by atoms with Crippen LogP contribution >= 0.6 is 0 Å². The maximum Gasteiger partial charge on any atom is 1.00 e. The van der Waals surface area contributed by atoms with E-state index in [1.807, 2.05) is 0 Å². The Morgan fingerprint density at radius 1 is 1.00 bits per heavy atom. The fourth-order valence-electron chi connectivity index (χ4n) is 0.659. The summed E-state index contributed by atoms with van der Waals surface area (Å²) in [5.74, 6) is -2.47. The van der Waals surface area contributed by atoms with Gasteiger partial charge in [0.2, 0.25) is 6.09 Å². The Morgan fingerprint density at radius 3 is 1.72 bits per heavy atom. The number of rotatable bonds is 8. The van der Waals surface area contributed by atoms with E-state index in [-0.39, 0.29) is 92.6 Å². The molecular formula is C8H14N4Na2O8PdS2-4. The van der Waals surface area contributed by atoms with Crippen LogP contribution in [-0.2, 0) is 50.0 Å². The Bertz CT molecular complexity index is 560. The summed E-state index contributed by atoms with van der Waals surface area (Å²) in [5, 5.41) is 9.73. The Kier molecular flexibility index (Phi) is 29.5. The summed E-state index contributed by atoms with van der Waals surface area (Å²) in [6.07, 6.45) is -1.27. The van der Waals surface area contributed by atoms with Crippen LogP contribution in [0.4, 0.5) is 4.79 Å². The van der Waals surface area contributed by atoms with Crippen LogP contribution in [0.5, 0.6) is 0 Å². The molecule has 25 heavy (non-hydrogen) atoms. The van der Waals surface area contributed by atoms with E-state index in [0.717, 1.165) is 0 Å². The molecule has 1 amide bonds. The molecule has 0 radical (unpaired) electrons. The first-order valence-corrected chi connectivity index (χ1v) is 8.53. The van der Waals surface area contributed by atoms with Crippen LogP contribution in [0.2, 0.25) is 0 Å². The van der Waals surface area contributed by atoms with Gasteiger partial charge in [-0.15, -0.1) is 13.1 Å². The first-order chi connectivity index (χ1) is 9.99. The molecule has 0 saturated carbocycles. The fraction of sp³-hybridized carbons (Fsp3) is 0.625. The summed E-state index contributed by atoms with van der Waals surface area (Å²) in [6, 6.07) is 0. The van der Waals surface area contributed by atoms with E-state index >= 15 is 0 Å². The van der Waals surface area contributed by atoms with Gasteiger partial charge in [-0.1, -0.05) is 6.54 Å². The number of carboxylic acid groups (broad SMARTS) is 1. The second kappa shape index (κ2) is 19.9. The molecule has 0 rings (SSSR count). The molecule has 0 aliphatic carbocycles. The van der Waals surface area contributed by atoms with Crippen LogP contribution in [0.3, 0.4) is 0 Å². The van der Waals surface area contributed by atoms with Crippen LogP contribution in [0.25, 0.3) is 20.9 Å². The summed E-state index contributed by atoms with van der Waals surface area (Å²) in [7, 11) is -4.85. The smallest absolute Gasteiger partial charge is 0.677 e. The average molecular weight is 511 g/mol. The molecule has 12 nitrogen and oxygen atoms in total. The van der Waals surface area contributed by atoms with Crippen molar-refractivity contribution in [1.82, 2.24) is 0 Å². The van der Waals surface area contributed by atoms with Crippen LogP contribution in [0.1, 0.15) is 0 Å².